The predicted molar refractivity (Wildman–Crippen MR) is 90.4 cm³/mol. The number of para-hydroxylation sites is 2. The van der Waals surface area contributed by atoms with Crippen molar-refractivity contribution in [3.8, 4) is 0 Å². The third kappa shape index (κ3) is 2.65. The van der Waals surface area contributed by atoms with E-state index >= 15 is 0 Å². The van der Waals surface area contributed by atoms with Gasteiger partial charge in [0.15, 0.2) is 0 Å². The first-order valence-corrected chi connectivity index (χ1v) is 7.74. The van der Waals surface area contributed by atoms with Crippen LogP contribution in [0.4, 0.5) is 11.4 Å². The standard InChI is InChI=1S/C16H15IN2O/c17-13-6-3-5-12(11-13)16(20)19-10-4-9-18-14-7-1-2-8-15(14)19/h1-3,5-8,11,18H,4,9-10H2. The highest BCUT2D eigenvalue weighted by atomic mass is 127. The Labute approximate surface area is 132 Å². The van der Waals surface area contributed by atoms with Crippen LogP contribution in [0, 0.1) is 3.57 Å². The van der Waals surface area contributed by atoms with E-state index in [0.717, 1.165) is 40.0 Å². The van der Waals surface area contributed by atoms with Gasteiger partial charge in [-0.25, -0.2) is 0 Å². The van der Waals surface area contributed by atoms with E-state index in [-0.39, 0.29) is 5.91 Å². The Balaban J connectivity index is 1.99. The quantitative estimate of drug-likeness (QED) is 0.767. The zero-order valence-corrected chi connectivity index (χ0v) is 13.1. The van der Waals surface area contributed by atoms with Crippen molar-refractivity contribution in [1.82, 2.24) is 0 Å². The molecule has 0 saturated heterocycles. The fourth-order valence-corrected chi connectivity index (χ4v) is 2.97. The van der Waals surface area contributed by atoms with Gasteiger partial charge in [0.25, 0.3) is 5.91 Å². The number of fused-ring (bicyclic) bond motifs is 1. The van der Waals surface area contributed by atoms with Gasteiger partial charge in [-0.2, -0.15) is 0 Å². The van der Waals surface area contributed by atoms with Crippen molar-refractivity contribution < 1.29 is 4.79 Å². The maximum Gasteiger partial charge on any atom is 0.258 e. The minimum Gasteiger partial charge on any atom is -0.383 e. The molecule has 20 heavy (non-hydrogen) atoms. The lowest BCUT2D eigenvalue weighted by atomic mass is 10.1. The monoisotopic (exact) mass is 378 g/mol. The molecule has 0 bridgehead atoms. The molecule has 0 unspecified atom stereocenters. The third-order valence-electron chi connectivity index (χ3n) is 3.39. The van der Waals surface area contributed by atoms with Gasteiger partial charge in [-0.3, -0.25) is 4.79 Å². The molecule has 4 heteroatoms. The van der Waals surface area contributed by atoms with Crippen LogP contribution in [0.3, 0.4) is 0 Å². The number of nitrogens with zero attached hydrogens (tertiary/aromatic N) is 1. The Morgan fingerprint density at radius 3 is 2.85 bits per heavy atom. The zero-order valence-electron chi connectivity index (χ0n) is 11.0. The van der Waals surface area contributed by atoms with Gasteiger partial charge in [-0.05, 0) is 59.3 Å². The summed E-state index contributed by atoms with van der Waals surface area (Å²) in [6, 6.07) is 15.7. The third-order valence-corrected chi connectivity index (χ3v) is 4.06. The molecule has 0 aliphatic carbocycles. The lowest BCUT2D eigenvalue weighted by Gasteiger charge is -2.22. The van der Waals surface area contributed by atoms with Gasteiger partial charge in [0, 0.05) is 22.2 Å². The lowest BCUT2D eigenvalue weighted by molar-refractivity contribution is 0.0987. The smallest absolute Gasteiger partial charge is 0.258 e. The summed E-state index contributed by atoms with van der Waals surface area (Å²) in [5.41, 5.74) is 2.74. The Bertz CT molecular complexity index is 642. The highest BCUT2D eigenvalue weighted by molar-refractivity contribution is 14.1. The molecule has 2 aromatic carbocycles. The summed E-state index contributed by atoms with van der Waals surface area (Å²) in [5, 5.41) is 3.38. The first kappa shape index (κ1) is 13.4. The first-order valence-electron chi connectivity index (χ1n) is 6.66. The maximum atomic E-state index is 12.8. The largest absolute Gasteiger partial charge is 0.383 e. The molecule has 1 N–H and O–H groups in total. The molecule has 0 fully saturated rings. The summed E-state index contributed by atoms with van der Waals surface area (Å²) in [6.45, 7) is 1.64. The summed E-state index contributed by atoms with van der Waals surface area (Å²) in [7, 11) is 0. The van der Waals surface area contributed by atoms with Crippen molar-refractivity contribution in [2.45, 2.75) is 6.42 Å². The molecule has 0 spiro atoms. The van der Waals surface area contributed by atoms with Crippen molar-refractivity contribution in [3.63, 3.8) is 0 Å². The summed E-state index contributed by atoms with van der Waals surface area (Å²) < 4.78 is 1.08. The number of hydrogen-bond donors (Lipinski definition) is 1. The van der Waals surface area contributed by atoms with E-state index in [0.29, 0.717) is 0 Å². The Morgan fingerprint density at radius 1 is 1.15 bits per heavy atom. The molecule has 1 heterocycles. The van der Waals surface area contributed by atoms with Crippen LogP contribution in [0.5, 0.6) is 0 Å². The zero-order chi connectivity index (χ0) is 13.9. The van der Waals surface area contributed by atoms with Crippen molar-refractivity contribution >= 4 is 39.9 Å². The van der Waals surface area contributed by atoms with Gasteiger partial charge in [-0.1, -0.05) is 18.2 Å². The molecule has 1 amide bonds. The normalized spacial score (nSPS) is 14.2. The van der Waals surface area contributed by atoms with Gasteiger partial charge >= 0.3 is 0 Å². The fraction of sp³-hybridized carbons (Fsp3) is 0.188. The average Bonchev–Trinajstić information content (AvgIpc) is 2.69. The molecule has 3 rings (SSSR count). The number of nitrogens with one attached hydrogen (secondary N) is 1. The van der Waals surface area contributed by atoms with Crippen molar-refractivity contribution in [1.29, 1.82) is 0 Å². The Morgan fingerprint density at radius 2 is 2.00 bits per heavy atom. The van der Waals surface area contributed by atoms with Crippen LogP contribution in [0.25, 0.3) is 0 Å². The van der Waals surface area contributed by atoms with Gasteiger partial charge in [0.05, 0.1) is 11.4 Å². The fourth-order valence-electron chi connectivity index (χ4n) is 2.43. The van der Waals surface area contributed by atoms with E-state index in [4.69, 9.17) is 0 Å². The average molecular weight is 378 g/mol. The maximum absolute atomic E-state index is 12.8. The molecule has 2 aromatic rings. The molecule has 1 aliphatic rings. The van der Waals surface area contributed by atoms with E-state index in [1.165, 1.54) is 0 Å². The summed E-state index contributed by atoms with van der Waals surface area (Å²) in [4.78, 5) is 14.6. The van der Waals surface area contributed by atoms with Crippen LogP contribution in [0.2, 0.25) is 0 Å². The number of carbonyl (C=O) groups excluding carboxylic acids is 1. The van der Waals surface area contributed by atoms with Crippen LogP contribution >= 0.6 is 22.6 Å². The van der Waals surface area contributed by atoms with Crippen LogP contribution in [-0.4, -0.2) is 19.0 Å². The van der Waals surface area contributed by atoms with Crippen LogP contribution < -0.4 is 10.2 Å². The van der Waals surface area contributed by atoms with Crippen LogP contribution in [0.1, 0.15) is 16.8 Å². The second-order valence-electron chi connectivity index (χ2n) is 4.76. The SMILES string of the molecule is O=C(c1cccc(I)c1)N1CCCNc2ccccc21. The molecular formula is C16H15IN2O. The number of carbonyl (C=O) groups is 1. The molecule has 0 radical (unpaired) electrons. The number of amides is 1. The molecular weight excluding hydrogens is 363 g/mol. The second-order valence-corrected chi connectivity index (χ2v) is 6.01. The Kier molecular flexibility index (Phi) is 3.91. The number of halogens is 1. The van der Waals surface area contributed by atoms with E-state index in [9.17, 15) is 4.79 Å². The van der Waals surface area contributed by atoms with E-state index in [1.54, 1.807) is 0 Å². The van der Waals surface area contributed by atoms with Crippen LogP contribution in [0.15, 0.2) is 48.5 Å². The van der Waals surface area contributed by atoms with Gasteiger partial charge in [-0.15, -0.1) is 0 Å². The Hall–Kier alpha value is -1.56. The highest BCUT2D eigenvalue weighted by Crippen LogP contribution is 2.29. The molecule has 1 aliphatic heterocycles. The minimum absolute atomic E-state index is 0.0691. The van der Waals surface area contributed by atoms with Gasteiger partial charge in [0.1, 0.15) is 0 Å². The predicted octanol–water partition coefficient (Wildman–Crippen LogP) is 3.75. The molecule has 102 valence electrons. The van der Waals surface area contributed by atoms with Crippen molar-refractivity contribution in [2.75, 3.05) is 23.3 Å². The van der Waals surface area contributed by atoms with Gasteiger partial charge in [0.2, 0.25) is 0 Å². The number of rotatable bonds is 1. The molecule has 3 nitrogen and oxygen atoms in total. The number of hydrogen-bond acceptors (Lipinski definition) is 2. The lowest BCUT2D eigenvalue weighted by Crippen LogP contribution is -2.31. The van der Waals surface area contributed by atoms with E-state index in [2.05, 4.69) is 27.9 Å². The molecule has 0 saturated carbocycles. The molecule has 0 atom stereocenters. The topological polar surface area (TPSA) is 32.3 Å². The van der Waals surface area contributed by atoms with E-state index < -0.39 is 0 Å². The first-order chi connectivity index (χ1) is 9.75. The van der Waals surface area contributed by atoms with E-state index in [1.807, 2.05) is 53.4 Å². The van der Waals surface area contributed by atoms with Gasteiger partial charge < -0.3 is 10.2 Å². The highest BCUT2D eigenvalue weighted by Gasteiger charge is 2.21. The van der Waals surface area contributed by atoms with Crippen molar-refractivity contribution in [2.24, 2.45) is 0 Å². The summed E-state index contributed by atoms with van der Waals surface area (Å²) in [6.07, 6.45) is 0.949. The summed E-state index contributed by atoms with van der Waals surface area (Å²) >= 11 is 2.23. The molecule has 0 aromatic heterocycles. The summed E-state index contributed by atoms with van der Waals surface area (Å²) in [5.74, 6) is 0.0691. The number of benzene rings is 2. The van der Waals surface area contributed by atoms with Crippen LogP contribution in [-0.2, 0) is 0 Å². The van der Waals surface area contributed by atoms with Crippen molar-refractivity contribution in [3.05, 3.63) is 57.7 Å². The number of anilines is 2. The minimum atomic E-state index is 0.0691. The second kappa shape index (κ2) is 5.83.